The van der Waals surface area contributed by atoms with Crippen LogP contribution in [0.2, 0.25) is 11.6 Å². The lowest BCUT2D eigenvalue weighted by Crippen LogP contribution is -2.50. The molecule has 2 saturated heterocycles. The van der Waals surface area contributed by atoms with Crippen LogP contribution in [-0.4, -0.2) is 41.7 Å². The van der Waals surface area contributed by atoms with Crippen molar-refractivity contribution in [3.05, 3.63) is 35.4 Å². The number of benzene rings is 1. The van der Waals surface area contributed by atoms with Gasteiger partial charge in [-0.05, 0) is 79.9 Å². The van der Waals surface area contributed by atoms with E-state index in [-0.39, 0.29) is 11.6 Å². The summed E-state index contributed by atoms with van der Waals surface area (Å²) in [7, 11) is -1.03. The standard InChI is InChI=1S/C23H36B2O5/c1-19(2)20(3,4)28-24(27-19)17-14-15-12-10-11-13-16(15)23(9,26)18(17)25-29-21(5,6)22(7,8)30-25/h10-13,17-18,26H,14H2,1-9H3/t17-,18+,23+/m1/s1. The van der Waals surface area contributed by atoms with Gasteiger partial charge in [-0.1, -0.05) is 24.3 Å². The fourth-order valence-electron chi connectivity index (χ4n) is 5.00. The predicted molar refractivity (Wildman–Crippen MR) is 119 cm³/mol. The van der Waals surface area contributed by atoms with Gasteiger partial charge in [-0.15, -0.1) is 0 Å². The van der Waals surface area contributed by atoms with Crippen molar-refractivity contribution in [2.75, 3.05) is 0 Å². The van der Waals surface area contributed by atoms with Gasteiger partial charge < -0.3 is 23.7 Å². The molecule has 2 fully saturated rings. The van der Waals surface area contributed by atoms with Crippen LogP contribution in [0.1, 0.15) is 73.4 Å². The molecule has 0 bridgehead atoms. The zero-order valence-corrected chi connectivity index (χ0v) is 19.9. The highest BCUT2D eigenvalue weighted by atomic mass is 16.7. The van der Waals surface area contributed by atoms with E-state index in [4.69, 9.17) is 18.6 Å². The molecule has 0 unspecified atom stereocenters. The molecule has 0 spiro atoms. The van der Waals surface area contributed by atoms with Gasteiger partial charge in [0.2, 0.25) is 0 Å². The summed E-state index contributed by atoms with van der Waals surface area (Å²) in [6.45, 7) is 18.3. The van der Waals surface area contributed by atoms with Crippen LogP contribution in [0.15, 0.2) is 24.3 Å². The van der Waals surface area contributed by atoms with Crippen LogP contribution in [0, 0.1) is 0 Å². The zero-order valence-electron chi connectivity index (χ0n) is 19.9. The fourth-order valence-corrected chi connectivity index (χ4v) is 5.00. The van der Waals surface area contributed by atoms with Gasteiger partial charge in [0.25, 0.3) is 0 Å². The van der Waals surface area contributed by atoms with Crippen LogP contribution >= 0.6 is 0 Å². The molecule has 1 aliphatic carbocycles. The first kappa shape index (κ1) is 22.3. The number of hydrogen-bond donors (Lipinski definition) is 1. The maximum Gasteiger partial charge on any atom is 0.464 e. The molecule has 3 atom stereocenters. The van der Waals surface area contributed by atoms with Gasteiger partial charge in [0.1, 0.15) is 0 Å². The second-order valence-corrected chi connectivity index (χ2v) is 11.4. The maximum absolute atomic E-state index is 11.9. The summed E-state index contributed by atoms with van der Waals surface area (Å²) >= 11 is 0. The first-order chi connectivity index (χ1) is 13.6. The first-order valence-corrected chi connectivity index (χ1v) is 11.1. The van der Waals surface area contributed by atoms with E-state index in [1.807, 2.05) is 52.8 Å². The quantitative estimate of drug-likeness (QED) is 0.729. The van der Waals surface area contributed by atoms with Crippen LogP contribution in [0.25, 0.3) is 0 Å². The van der Waals surface area contributed by atoms with Gasteiger partial charge in [0.05, 0.1) is 28.0 Å². The minimum atomic E-state index is -1.15. The smallest absolute Gasteiger partial charge is 0.403 e. The van der Waals surface area contributed by atoms with Gasteiger partial charge in [0, 0.05) is 11.6 Å². The summed E-state index contributed by atoms with van der Waals surface area (Å²) < 4.78 is 25.8. The normalized spacial score (nSPS) is 36.1. The highest BCUT2D eigenvalue weighted by molar-refractivity contribution is 6.55. The lowest BCUT2D eigenvalue weighted by atomic mass is 9.43. The Balaban J connectivity index is 1.78. The highest BCUT2D eigenvalue weighted by Gasteiger charge is 2.65. The van der Waals surface area contributed by atoms with E-state index in [2.05, 4.69) is 33.8 Å². The molecular formula is C23H36B2O5. The van der Waals surface area contributed by atoms with Crippen molar-refractivity contribution in [1.82, 2.24) is 0 Å². The van der Waals surface area contributed by atoms with E-state index >= 15 is 0 Å². The zero-order chi connectivity index (χ0) is 22.3. The summed E-state index contributed by atoms with van der Waals surface area (Å²) in [5, 5.41) is 11.9. The topological polar surface area (TPSA) is 57.2 Å². The Morgan fingerprint density at radius 2 is 1.17 bits per heavy atom. The van der Waals surface area contributed by atoms with Gasteiger partial charge in [-0.2, -0.15) is 0 Å². The Morgan fingerprint density at radius 3 is 1.67 bits per heavy atom. The molecule has 0 saturated carbocycles. The van der Waals surface area contributed by atoms with Crippen molar-refractivity contribution in [1.29, 1.82) is 0 Å². The van der Waals surface area contributed by atoms with Crippen molar-refractivity contribution in [2.45, 2.75) is 108 Å². The second kappa shape index (κ2) is 6.58. The van der Waals surface area contributed by atoms with E-state index in [9.17, 15) is 5.11 Å². The Labute approximate surface area is 182 Å². The third-order valence-corrected chi connectivity index (χ3v) is 8.31. The van der Waals surface area contributed by atoms with E-state index in [1.54, 1.807) is 0 Å². The van der Waals surface area contributed by atoms with Crippen molar-refractivity contribution < 1.29 is 23.7 Å². The molecule has 2 aliphatic heterocycles. The molecule has 1 N–H and O–H groups in total. The van der Waals surface area contributed by atoms with Crippen molar-refractivity contribution in [3.8, 4) is 0 Å². The van der Waals surface area contributed by atoms with E-state index in [1.165, 1.54) is 0 Å². The van der Waals surface area contributed by atoms with E-state index in [0.29, 0.717) is 0 Å². The third-order valence-electron chi connectivity index (χ3n) is 8.31. The molecule has 30 heavy (non-hydrogen) atoms. The largest absolute Gasteiger partial charge is 0.464 e. The Bertz CT molecular complexity index is 801. The molecule has 164 valence electrons. The molecule has 3 aliphatic rings. The number of fused-ring (bicyclic) bond motifs is 1. The average molecular weight is 414 g/mol. The summed E-state index contributed by atoms with van der Waals surface area (Å²) in [5.74, 6) is -0.464. The van der Waals surface area contributed by atoms with Gasteiger partial charge in [0.15, 0.2) is 0 Å². The monoisotopic (exact) mass is 414 g/mol. The van der Waals surface area contributed by atoms with Crippen LogP contribution < -0.4 is 0 Å². The molecule has 0 aromatic heterocycles. The second-order valence-electron chi connectivity index (χ2n) is 11.4. The molecule has 7 heteroatoms. The molecular weight excluding hydrogens is 378 g/mol. The van der Waals surface area contributed by atoms with E-state index < -0.39 is 42.2 Å². The van der Waals surface area contributed by atoms with Gasteiger partial charge >= 0.3 is 14.2 Å². The number of hydrogen-bond acceptors (Lipinski definition) is 5. The van der Waals surface area contributed by atoms with Crippen LogP contribution in [0.5, 0.6) is 0 Å². The number of rotatable bonds is 2. The SMILES string of the molecule is CC1(C)OB([C@@H]2Cc3ccccc3[C@](C)(O)[C@H]2B2OC(C)(C)C(C)(C)O2)OC1(C)C. The summed E-state index contributed by atoms with van der Waals surface area (Å²) in [6.07, 6.45) is 0.734. The fraction of sp³-hybridized carbons (Fsp3) is 0.739. The predicted octanol–water partition coefficient (Wildman–Crippen LogP) is 4.38. The Kier molecular flexibility index (Phi) is 4.90. The van der Waals surface area contributed by atoms with Gasteiger partial charge in [-0.25, -0.2) is 0 Å². The molecule has 1 aromatic carbocycles. The molecule has 2 heterocycles. The van der Waals surface area contributed by atoms with Crippen molar-refractivity contribution in [3.63, 3.8) is 0 Å². The van der Waals surface area contributed by atoms with Crippen molar-refractivity contribution >= 4 is 14.2 Å². The minimum Gasteiger partial charge on any atom is -0.403 e. The maximum atomic E-state index is 11.9. The van der Waals surface area contributed by atoms with E-state index in [0.717, 1.165) is 17.5 Å². The van der Waals surface area contributed by atoms with Crippen LogP contribution in [0.3, 0.4) is 0 Å². The van der Waals surface area contributed by atoms with Crippen LogP contribution in [-0.2, 0) is 30.6 Å². The van der Waals surface area contributed by atoms with Crippen molar-refractivity contribution in [2.24, 2.45) is 0 Å². The lowest BCUT2D eigenvalue weighted by molar-refractivity contribution is 0.00578. The summed E-state index contributed by atoms with van der Waals surface area (Å²) in [6, 6.07) is 8.09. The Hall–Kier alpha value is -0.850. The summed E-state index contributed by atoms with van der Waals surface area (Å²) in [5.41, 5.74) is -0.949. The molecule has 1 aromatic rings. The van der Waals surface area contributed by atoms with Gasteiger partial charge in [-0.3, -0.25) is 0 Å². The minimum absolute atomic E-state index is 0.120. The Morgan fingerprint density at radius 1 is 0.733 bits per heavy atom. The first-order valence-electron chi connectivity index (χ1n) is 11.1. The van der Waals surface area contributed by atoms with Crippen LogP contribution in [0.4, 0.5) is 0 Å². The molecule has 0 amide bonds. The molecule has 5 nitrogen and oxygen atoms in total. The third kappa shape index (κ3) is 3.20. The highest BCUT2D eigenvalue weighted by Crippen LogP contribution is 2.57. The molecule has 4 rings (SSSR count). The summed E-state index contributed by atoms with van der Waals surface area (Å²) in [4.78, 5) is 0. The average Bonchev–Trinajstić information content (AvgIpc) is 2.93. The number of aliphatic hydroxyl groups is 1. The lowest BCUT2D eigenvalue weighted by Gasteiger charge is -2.45. The molecule has 0 radical (unpaired) electrons.